The molecule has 4 rings (SSSR count). The van der Waals surface area contributed by atoms with Crippen molar-refractivity contribution in [3.63, 3.8) is 0 Å². The lowest BCUT2D eigenvalue weighted by molar-refractivity contribution is 0.456. The molecule has 0 aliphatic heterocycles. The minimum Gasteiger partial charge on any atom is -0.324 e. The first-order valence-corrected chi connectivity index (χ1v) is 8.54. The van der Waals surface area contributed by atoms with E-state index in [1.165, 1.54) is 30.2 Å². The second kappa shape index (κ2) is 3.74. The Labute approximate surface area is 117 Å². The molecule has 0 radical (unpaired) electrons. The monoisotopic (exact) mass is 301 g/mol. The average molecular weight is 302 g/mol. The number of imidazole rings is 1. The van der Waals surface area contributed by atoms with E-state index in [9.17, 15) is 8.42 Å². The number of aromatic nitrogens is 2. The Morgan fingerprint density at radius 1 is 1.37 bits per heavy atom. The number of sulfonamides is 1. The molecular formula is C12H16ClN3O2S. The third-order valence-electron chi connectivity index (χ3n) is 5.12. The van der Waals surface area contributed by atoms with Gasteiger partial charge in [-0.2, -0.15) is 0 Å². The van der Waals surface area contributed by atoms with Gasteiger partial charge in [-0.25, -0.2) is 18.1 Å². The summed E-state index contributed by atoms with van der Waals surface area (Å²) in [5.41, 5.74) is 0. The molecule has 5 nitrogen and oxygen atoms in total. The van der Waals surface area contributed by atoms with Crippen molar-refractivity contribution in [3.8, 4) is 0 Å². The lowest BCUT2D eigenvalue weighted by Gasteiger charge is -2.10. The molecule has 1 aromatic heterocycles. The zero-order valence-corrected chi connectivity index (χ0v) is 12.2. The van der Waals surface area contributed by atoms with E-state index in [2.05, 4.69) is 9.71 Å². The summed E-state index contributed by atoms with van der Waals surface area (Å²) in [4.78, 5) is 3.90. The molecule has 0 spiro atoms. The number of rotatable bonds is 3. The first kappa shape index (κ1) is 12.2. The summed E-state index contributed by atoms with van der Waals surface area (Å²) in [5.74, 6) is 2.61. The molecule has 0 amide bonds. The molecule has 0 aromatic carbocycles. The van der Waals surface area contributed by atoms with Crippen LogP contribution in [0.25, 0.3) is 0 Å². The van der Waals surface area contributed by atoms with Crippen LogP contribution in [0.4, 0.5) is 0 Å². The molecule has 0 saturated heterocycles. The molecule has 4 atom stereocenters. The van der Waals surface area contributed by atoms with Crippen molar-refractivity contribution in [3.05, 3.63) is 11.5 Å². The third-order valence-corrected chi connectivity index (χ3v) is 7.06. The molecule has 3 saturated carbocycles. The highest BCUT2D eigenvalue weighted by Crippen LogP contribution is 2.65. The molecule has 7 heteroatoms. The van der Waals surface area contributed by atoms with Gasteiger partial charge in [-0.1, -0.05) is 11.6 Å². The van der Waals surface area contributed by atoms with Gasteiger partial charge < -0.3 is 4.57 Å². The minimum absolute atomic E-state index is 0.0472. The Kier molecular flexibility index (Phi) is 2.40. The number of aryl methyl sites for hydroxylation is 1. The molecule has 3 aliphatic carbocycles. The molecule has 2 bridgehead atoms. The lowest BCUT2D eigenvalue weighted by Crippen LogP contribution is -2.30. The highest BCUT2D eigenvalue weighted by atomic mass is 35.5. The van der Waals surface area contributed by atoms with Crippen LogP contribution < -0.4 is 4.72 Å². The van der Waals surface area contributed by atoms with Crippen LogP contribution in [-0.2, 0) is 17.1 Å². The molecule has 19 heavy (non-hydrogen) atoms. The first-order chi connectivity index (χ1) is 8.99. The predicted molar refractivity (Wildman–Crippen MR) is 70.1 cm³/mol. The van der Waals surface area contributed by atoms with Gasteiger partial charge in [0.25, 0.3) is 10.0 Å². The Bertz CT molecular complexity index is 625. The second-order valence-corrected chi connectivity index (χ2v) is 8.07. The normalized spacial score (nSPS) is 39.6. The van der Waals surface area contributed by atoms with Crippen LogP contribution in [-0.4, -0.2) is 24.0 Å². The quantitative estimate of drug-likeness (QED) is 0.918. The van der Waals surface area contributed by atoms with Gasteiger partial charge in [-0.15, -0.1) is 0 Å². The van der Waals surface area contributed by atoms with Crippen LogP contribution in [0.5, 0.6) is 0 Å². The van der Waals surface area contributed by atoms with Gasteiger partial charge in [0.15, 0.2) is 0 Å². The SMILES string of the molecule is Cn1cnc(S(=O)(=O)NC2C3C4CCC(C4)C23)c1Cl. The largest absolute Gasteiger partial charge is 0.324 e. The van der Waals surface area contributed by atoms with Crippen LogP contribution in [0, 0.1) is 23.7 Å². The van der Waals surface area contributed by atoms with Crippen LogP contribution >= 0.6 is 11.6 Å². The van der Waals surface area contributed by atoms with Crippen LogP contribution in [0.2, 0.25) is 5.15 Å². The number of nitrogens with one attached hydrogen (secondary N) is 1. The van der Waals surface area contributed by atoms with E-state index in [1.807, 2.05) is 0 Å². The molecule has 1 N–H and O–H groups in total. The Hall–Kier alpha value is -0.590. The van der Waals surface area contributed by atoms with Gasteiger partial charge in [0.05, 0.1) is 6.33 Å². The third kappa shape index (κ3) is 1.63. The van der Waals surface area contributed by atoms with Crippen molar-refractivity contribution < 1.29 is 8.42 Å². The standard InChI is InChI=1S/C12H16ClN3O2S/c1-16-5-14-12(11(16)13)19(17,18)15-10-8-6-2-3-7(4-6)9(8)10/h5-10,15H,2-4H2,1H3. The molecule has 104 valence electrons. The van der Waals surface area contributed by atoms with Gasteiger partial charge in [0.1, 0.15) is 5.15 Å². The lowest BCUT2D eigenvalue weighted by atomic mass is 10.0. The van der Waals surface area contributed by atoms with Crippen molar-refractivity contribution >= 4 is 21.6 Å². The van der Waals surface area contributed by atoms with E-state index in [4.69, 9.17) is 11.6 Å². The van der Waals surface area contributed by atoms with Gasteiger partial charge in [-0.05, 0) is 42.9 Å². The fourth-order valence-electron chi connectivity index (χ4n) is 4.29. The fourth-order valence-corrected chi connectivity index (χ4v) is 6.03. The van der Waals surface area contributed by atoms with Crippen LogP contribution in [0.3, 0.4) is 0 Å². The average Bonchev–Trinajstić information content (AvgIpc) is 2.71. The van der Waals surface area contributed by atoms with Gasteiger partial charge in [0.2, 0.25) is 5.03 Å². The Morgan fingerprint density at radius 3 is 2.53 bits per heavy atom. The van der Waals surface area contributed by atoms with Crippen LogP contribution in [0.15, 0.2) is 11.4 Å². The Balaban J connectivity index is 1.56. The van der Waals surface area contributed by atoms with Gasteiger partial charge >= 0.3 is 0 Å². The fraction of sp³-hybridized carbons (Fsp3) is 0.750. The predicted octanol–water partition coefficient (Wildman–Crippen LogP) is 1.40. The summed E-state index contributed by atoms with van der Waals surface area (Å²) in [6.45, 7) is 0. The zero-order valence-electron chi connectivity index (χ0n) is 10.6. The van der Waals surface area contributed by atoms with Gasteiger partial charge in [0, 0.05) is 13.1 Å². The van der Waals surface area contributed by atoms with Crippen molar-refractivity contribution in [1.82, 2.24) is 14.3 Å². The summed E-state index contributed by atoms with van der Waals surface area (Å²) in [5, 5.41) is 0.121. The Morgan fingerprint density at radius 2 is 2.00 bits per heavy atom. The van der Waals surface area contributed by atoms with Crippen molar-refractivity contribution in [2.75, 3.05) is 0 Å². The first-order valence-electron chi connectivity index (χ1n) is 6.68. The number of hydrogen-bond donors (Lipinski definition) is 1. The number of halogens is 1. The summed E-state index contributed by atoms with van der Waals surface area (Å²) in [7, 11) is -1.90. The molecule has 3 aliphatic rings. The highest BCUT2D eigenvalue weighted by Gasteiger charge is 2.65. The summed E-state index contributed by atoms with van der Waals surface area (Å²) in [6, 6.07) is 0.120. The van der Waals surface area contributed by atoms with E-state index < -0.39 is 10.0 Å². The maximum atomic E-state index is 12.3. The number of fused-ring (bicyclic) bond motifs is 5. The number of nitrogens with zero attached hydrogens (tertiary/aromatic N) is 2. The molecule has 1 heterocycles. The number of hydrogen-bond acceptors (Lipinski definition) is 3. The van der Waals surface area contributed by atoms with E-state index in [0.29, 0.717) is 11.8 Å². The van der Waals surface area contributed by atoms with Gasteiger partial charge in [-0.3, -0.25) is 0 Å². The highest BCUT2D eigenvalue weighted by molar-refractivity contribution is 7.89. The maximum absolute atomic E-state index is 12.3. The van der Waals surface area contributed by atoms with E-state index in [-0.39, 0.29) is 16.2 Å². The van der Waals surface area contributed by atoms with E-state index in [0.717, 1.165) is 11.8 Å². The molecule has 4 unspecified atom stereocenters. The summed E-state index contributed by atoms with van der Waals surface area (Å²) >= 11 is 5.97. The van der Waals surface area contributed by atoms with Crippen molar-refractivity contribution in [2.45, 2.75) is 30.3 Å². The van der Waals surface area contributed by atoms with Crippen molar-refractivity contribution in [2.24, 2.45) is 30.7 Å². The van der Waals surface area contributed by atoms with Crippen LogP contribution in [0.1, 0.15) is 19.3 Å². The second-order valence-electron chi connectivity index (χ2n) is 6.09. The zero-order chi connectivity index (χ0) is 13.4. The maximum Gasteiger partial charge on any atom is 0.261 e. The summed E-state index contributed by atoms with van der Waals surface area (Å²) < 4.78 is 28.9. The van der Waals surface area contributed by atoms with E-state index in [1.54, 1.807) is 7.05 Å². The van der Waals surface area contributed by atoms with Crippen molar-refractivity contribution in [1.29, 1.82) is 0 Å². The van der Waals surface area contributed by atoms with E-state index >= 15 is 0 Å². The molecule has 1 aromatic rings. The topological polar surface area (TPSA) is 64.0 Å². The minimum atomic E-state index is -3.58. The molecular weight excluding hydrogens is 286 g/mol. The molecule has 3 fully saturated rings. The summed E-state index contributed by atoms with van der Waals surface area (Å²) in [6.07, 6.45) is 5.27. The smallest absolute Gasteiger partial charge is 0.261 e.